The van der Waals surface area contributed by atoms with E-state index in [0.29, 0.717) is 17.9 Å². The van der Waals surface area contributed by atoms with Crippen molar-refractivity contribution in [1.29, 1.82) is 0 Å². The number of hydrogen-bond acceptors (Lipinski definition) is 5. The van der Waals surface area contributed by atoms with Crippen LogP contribution in [0.5, 0.6) is 5.75 Å². The number of nitrogens with one attached hydrogen (secondary N) is 1. The summed E-state index contributed by atoms with van der Waals surface area (Å²) in [6, 6.07) is 12.3. The normalized spacial score (nSPS) is 12.9. The van der Waals surface area contributed by atoms with Crippen LogP contribution in [-0.2, 0) is 26.2 Å². The van der Waals surface area contributed by atoms with Crippen LogP contribution < -0.4 is 14.4 Å². The van der Waals surface area contributed by atoms with Gasteiger partial charge in [0.2, 0.25) is 21.8 Å². The first-order chi connectivity index (χ1) is 17.3. The van der Waals surface area contributed by atoms with Gasteiger partial charge in [0.1, 0.15) is 11.8 Å². The molecule has 8 nitrogen and oxygen atoms in total. The number of ether oxygens (including phenoxy) is 1. The molecule has 2 amide bonds. The van der Waals surface area contributed by atoms with Crippen LogP contribution in [0.25, 0.3) is 0 Å². The van der Waals surface area contributed by atoms with Gasteiger partial charge in [-0.15, -0.1) is 0 Å². The highest BCUT2D eigenvalue weighted by Crippen LogP contribution is 2.23. The van der Waals surface area contributed by atoms with Crippen molar-refractivity contribution in [3.8, 4) is 5.75 Å². The van der Waals surface area contributed by atoms with Gasteiger partial charge in [-0.1, -0.05) is 25.1 Å². The Morgan fingerprint density at radius 3 is 2.27 bits per heavy atom. The highest BCUT2D eigenvalue weighted by molar-refractivity contribution is 7.92. The maximum atomic E-state index is 13.4. The Labute approximate surface area is 222 Å². The van der Waals surface area contributed by atoms with Gasteiger partial charge in [0, 0.05) is 25.6 Å². The lowest BCUT2D eigenvalue weighted by atomic mass is 10.1. The zero-order valence-electron chi connectivity index (χ0n) is 23.1. The molecule has 0 bridgehead atoms. The van der Waals surface area contributed by atoms with Gasteiger partial charge in [-0.25, -0.2) is 8.42 Å². The minimum absolute atomic E-state index is 0.00942. The Morgan fingerprint density at radius 2 is 1.70 bits per heavy atom. The van der Waals surface area contributed by atoms with Crippen LogP contribution >= 0.6 is 0 Å². The molecule has 0 aliphatic rings. The molecule has 2 aromatic rings. The minimum atomic E-state index is -3.54. The smallest absolute Gasteiger partial charge is 0.242 e. The van der Waals surface area contributed by atoms with Crippen molar-refractivity contribution in [2.45, 2.75) is 72.5 Å². The van der Waals surface area contributed by atoms with Crippen molar-refractivity contribution in [1.82, 2.24) is 10.2 Å². The molecule has 2 aromatic carbocycles. The zero-order valence-corrected chi connectivity index (χ0v) is 23.9. The van der Waals surface area contributed by atoms with Crippen LogP contribution in [0.1, 0.15) is 56.7 Å². The monoisotopic (exact) mass is 531 g/mol. The van der Waals surface area contributed by atoms with Gasteiger partial charge in [0.15, 0.2) is 0 Å². The van der Waals surface area contributed by atoms with Crippen LogP contribution in [0.4, 0.5) is 5.69 Å². The molecule has 0 spiro atoms. The van der Waals surface area contributed by atoms with E-state index in [1.165, 1.54) is 10.6 Å². The van der Waals surface area contributed by atoms with Crippen LogP contribution in [0.2, 0.25) is 0 Å². The Morgan fingerprint density at radius 1 is 1.05 bits per heavy atom. The summed E-state index contributed by atoms with van der Waals surface area (Å²) in [6.45, 7) is 9.86. The number of carbonyl (C=O) groups excluding carboxylic acids is 2. The van der Waals surface area contributed by atoms with Gasteiger partial charge in [-0.05, 0) is 81.5 Å². The standard InChI is InChI=1S/C28H41N3O5S/c1-8-22(4)29-28(33)23(5)30(19-24-11-9-12-26(18-24)36-6)27(32)13-10-14-31(37(7,34)35)25-16-20(2)15-21(3)17-25/h9,11-12,15-18,22-23H,8,10,13-14,19H2,1-7H3,(H,29,33)/t22-,23+/m0/s1. The fourth-order valence-electron chi connectivity index (χ4n) is 4.11. The molecule has 0 saturated heterocycles. The second-order valence-electron chi connectivity index (χ2n) is 9.65. The summed E-state index contributed by atoms with van der Waals surface area (Å²) in [6.07, 6.45) is 2.36. The molecule has 2 atom stereocenters. The first-order valence-corrected chi connectivity index (χ1v) is 14.5. The van der Waals surface area contributed by atoms with E-state index < -0.39 is 16.1 Å². The molecule has 0 aliphatic heterocycles. The zero-order chi connectivity index (χ0) is 27.8. The maximum absolute atomic E-state index is 13.4. The molecular weight excluding hydrogens is 490 g/mol. The third-order valence-electron chi connectivity index (χ3n) is 6.30. The largest absolute Gasteiger partial charge is 0.497 e. The highest BCUT2D eigenvalue weighted by atomic mass is 32.2. The molecule has 0 aromatic heterocycles. The molecule has 2 rings (SSSR count). The van der Waals surface area contributed by atoms with Gasteiger partial charge < -0.3 is 15.0 Å². The summed E-state index contributed by atoms with van der Waals surface area (Å²) in [5.74, 6) is 0.223. The van der Waals surface area contributed by atoms with E-state index in [1.54, 1.807) is 18.9 Å². The molecule has 0 heterocycles. The van der Waals surface area contributed by atoms with Crippen molar-refractivity contribution < 1.29 is 22.7 Å². The number of methoxy groups -OCH3 is 1. The molecule has 37 heavy (non-hydrogen) atoms. The minimum Gasteiger partial charge on any atom is -0.497 e. The van der Waals surface area contributed by atoms with E-state index in [1.807, 2.05) is 70.2 Å². The van der Waals surface area contributed by atoms with Crippen molar-refractivity contribution in [2.75, 3.05) is 24.2 Å². The lowest BCUT2D eigenvalue weighted by molar-refractivity contribution is -0.140. The van der Waals surface area contributed by atoms with Crippen molar-refractivity contribution in [3.05, 3.63) is 59.2 Å². The first kappa shape index (κ1) is 30.2. The summed E-state index contributed by atoms with van der Waals surface area (Å²) in [4.78, 5) is 27.9. The lowest BCUT2D eigenvalue weighted by Gasteiger charge is -2.30. The van der Waals surface area contributed by atoms with Crippen molar-refractivity contribution in [3.63, 3.8) is 0 Å². The molecule has 0 aliphatic carbocycles. The fraction of sp³-hybridized carbons (Fsp3) is 0.500. The molecule has 9 heteroatoms. The number of sulfonamides is 1. The van der Waals surface area contributed by atoms with Gasteiger partial charge in [-0.3, -0.25) is 13.9 Å². The average Bonchev–Trinajstić information content (AvgIpc) is 2.83. The Balaban J connectivity index is 2.22. The van der Waals surface area contributed by atoms with Crippen LogP contribution in [0.15, 0.2) is 42.5 Å². The predicted octanol–water partition coefficient (Wildman–Crippen LogP) is 4.19. The van der Waals surface area contributed by atoms with Crippen LogP contribution in [-0.4, -0.2) is 57.1 Å². The van der Waals surface area contributed by atoms with E-state index >= 15 is 0 Å². The third kappa shape index (κ3) is 9.07. The number of amides is 2. The molecule has 0 unspecified atom stereocenters. The second-order valence-corrected chi connectivity index (χ2v) is 11.6. The molecule has 0 saturated carbocycles. The lowest BCUT2D eigenvalue weighted by Crippen LogP contribution is -2.49. The van der Waals surface area contributed by atoms with Crippen LogP contribution in [0, 0.1) is 13.8 Å². The Bertz CT molecular complexity index is 1160. The topological polar surface area (TPSA) is 96.0 Å². The van der Waals surface area contributed by atoms with Crippen molar-refractivity contribution in [2.24, 2.45) is 0 Å². The number of benzene rings is 2. The van der Waals surface area contributed by atoms with E-state index in [-0.39, 0.29) is 37.4 Å². The predicted molar refractivity (Wildman–Crippen MR) is 148 cm³/mol. The van der Waals surface area contributed by atoms with Crippen LogP contribution in [0.3, 0.4) is 0 Å². The van der Waals surface area contributed by atoms with Crippen molar-refractivity contribution >= 4 is 27.5 Å². The summed E-state index contributed by atoms with van der Waals surface area (Å²) in [5, 5.41) is 2.95. The van der Waals surface area contributed by atoms with Gasteiger partial charge in [0.05, 0.1) is 19.1 Å². The Hall–Kier alpha value is -3.07. The number of anilines is 1. The van der Waals surface area contributed by atoms with E-state index in [2.05, 4.69) is 5.32 Å². The first-order valence-electron chi connectivity index (χ1n) is 12.6. The fourth-order valence-corrected chi connectivity index (χ4v) is 5.06. The summed E-state index contributed by atoms with van der Waals surface area (Å²) >= 11 is 0. The quantitative estimate of drug-likeness (QED) is 0.418. The van der Waals surface area contributed by atoms with E-state index in [9.17, 15) is 18.0 Å². The number of hydrogen-bond donors (Lipinski definition) is 1. The maximum Gasteiger partial charge on any atom is 0.242 e. The SMILES string of the molecule is CC[C@H](C)NC(=O)[C@@H](C)N(Cc1cccc(OC)c1)C(=O)CCCN(c1cc(C)cc(C)c1)S(C)(=O)=O. The number of rotatable bonds is 13. The molecule has 0 fully saturated rings. The van der Waals surface area contributed by atoms with Gasteiger partial charge in [0.25, 0.3) is 0 Å². The number of carbonyl (C=O) groups is 2. The van der Waals surface area contributed by atoms with E-state index in [0.717, 1.165) is 23.1 Å². The molecular formula is C28H41N3O5S. The molecule has 1 N–H and O–H groups in total. The summed E-state index contributed by atoms with van der Waals surface area (Å²) in [5.41, 5.74) is 3.35. The summed E-state index contributed by atoms with van der Waals surface area (Å²) < 4.78 is 31.8. The highest BCUT2D eigenvalue weighted by Gasteiger charge is 2.27. The third-order valence-corrected chi connectivity index (χ3v) is 7.50. The second kappa shape index (κ2) is 13.5. The van der Waals surface area contributed by atoms with E-state index in [4.69, 9.17) is 4.74 Å². The number of aryl methyl sites for hydroxylation is 2. The average molecular weight is 532 g/mol. The summed E-state index contributed by atoms with van der Waals surface area (Å²) in [7, 11) is -1.96. The Kier molecular flexibility index (Phi) is 11.0. The number of nitrogens with zero attached hydrogens (tertiary/aromatic N) is 2. The molecule has 204 valence electrons. The molecule has 0 radical (unpaired) electrons. The van der Waals surface area contributed by atoms with Gasteiger partial charge >= 0.3 is 0 Å². The van der Waals surface area contributed by atoms with Gasteiger partial charge in [-0.2, -0.15) is 0 Å².